The number of carbonyl (C=O) groups is 1. The van der Waals surface area contributed by atoms with Crippen molar-refractivity contribution in [2.45, 2.75) is 57.3 Å². The molecule has 1 amide bonds. The minimum absolute atomic E-state index is 0.0460. The van der Waals surface area contributed by atoms with E-state index >= 15 is 0 Å². The third-order valence-electron chi connectivity index (χ3n) is 6.14. The van der Waals surface area contributed by atoms with Crippen LogP contribution in [0.2, 0.25) is 0 Å². The van der Waals surface area contributed by atoms with Crippen LogP contribution < -0.4 is 15.5 Å². The molecule has 1 saturated carbocycles. The van der Waals surface area contributed by atoms with Gasteiger partial charge < -0.3 is 25.4 Å². The molecule has 3 rings (SSSR count). The van der Waals surface area contributed by atoms with Crippen LogP contribution in [0.1, 0.15) is 49.9 Å². The Kier molecular flexibility index (Phi) is 7.91. The Hall–Kier alpha value is -2.60. The van der Waals surface area contributed by atoms with Crippen LogP contribution in [0.4, 0.5) is 30.2 Å². The Morgan fingerprint density at radius 2 is 1.82 bits per heavy atom. The number of morpholine rings is 1. The molecule has 3 N–H and O–H groups in total. The monoisotopic (exact) mass is 488 g/mol. The number of ether oxygens (including phenoxy) is 1. The van der Waals surface area contributed by atoms with Gasteiger partial charge >= 0.3 is 6.18 Å². The molecule has 0 unspecified atom stereocenters. The average Bonchev–Trinajstić information content (AvgIpc) is 2.76. The van der Waals surface area contributed by atoms with Crippen molar-refractivity contribution in [3.63, 3.8) is 0 Å². The van der Waals surface area contributed by atoms with Crippen molar-refractivity contribution in [1.82, 2.24) is 5.32 Å². The quantitative estimate of drug-likeness (QED) is 0.397. The summed E-state index contributed by atoms with van der Waals surface area (Å²) in [6.07, 6.45) is -3.99. The van der Waals surface area contributed by atoms with Gasteiger partial charge in [0, 0.05) is 31.7 Å². The molecule has 12 heteroatoms. The fourth-order valence-corrected chi connectivity index (χ4v) is 4.26. The SMILES string of the molecule is CC(C)(O)CNc1cc(N2CCOCC2)c(C(=O)NC2CCC(C(F)(F)F)CC2)cc1[N+](=O)[O-]. The zero-order chi connectivity index (χ0) is 25.1. The van der Waals surface area contributed by atoms with Gasteiger partial charge in [-0.1, -0.05) is 0 Å². The zero-order valence-corrected chi connectivity index (χ0v) is 19.3. The van der Waals surface area contributed by atoms with E-state index in [0.717, 1.165) is 0 Å². The topological polar surface area (TPSA) is 117 Å². The number of amides is 1. The van der Waals surface area contributed by atoms with Crippen LogP contribution in [0, 0.1) is 16.0 Å². The predicted octanol–water partition coefficient (Wildman–Crippen LogP) is 3.47. The molecule has 1 aromatic rings. The smallest absolute Gasteiger partial charge is 0.389 e. The highest BCUT2D eigenvalue weighted by Gasteiger charge is 2.41. The lowest BCUT2D eigenvalue weighted by atomic mass is 9.85. The summed E-state index contributed by atoms with van der Waals surface area (Å²) in [5.41, 5.74) is -0.741. The van der Waals surface area contributed by atoms with Crippen LogP contribution in [0.3, 0.4) is 0 Å². The van der Waals surface area contributed by atoms with Crippen molar-refractivity contribution >= 4 is 23.0 Å². The average molecular weight is 489 g/mol. The van der Waals surface area contributed by atoms with Gasteiger partial charge in [0.25, 0.3) is 11.6 Å². The van der Waals surface area contributed by atoms with E-state index in [4.69, 9.17) is 4.74 Å². The van der Waals surface area contributed by atoms with Gasteiger partial charge in [0.05, 0.1) is 40.9 Å². The summed E-state index contributed by atoms with van der Waals surface area (Å²) in [6.45, 7) is 4.95. The molecule has 0 atom stereocenters. The molecular weight excluding hydrogens is 457 g/mol. The Bertz CT molecular complexity index is 890. The van der Waals surface area contributed by atoms with Gasteiger partial charge in [0.1, 0.15) is 5.69 Å². The largest absolute Gasteiger partial charge is 0.391 e. The summed E-state index contributed by atoms with van der Waals surface area (Å²) in [6, 6.07) is 2.27. The second-order valence-corrected chi connectivity index (χ2v) is 9.47. The maximum absolute atomic E-state index is 13.2. The lowest BCUT2D eigenvalue weighted by Gasteiger charge is -2.32. The Labute approximate surface area is 195 Å². The van der Waals surface area contributed by atoms with Crippen molar-refractivity contribution in [2.24, 2.45) is 5.92 Å². The predicted molar refractivity (Wildman–Crippen MR) is 120 cm³/mol. The summed E-state index contributed by atoms with van der Waals surface area (Å²) < 4.78 is 44.3. The third-order valence-corrected chi connectivity index (χ3v) is 6.14. The highest BCUT2D eigenvalue weighted by Crippen LogP contribution is 2.38. The molecular formula is C22H31F3N4O5. The summed E-state index contributed by atoms with van der Waals surface area (Å²) in [5, 5.41) is 27.5. The minimum atomic E-state index is -4.24. The number of hydrogen-bond acceptors (Lipinski definition) is 7. The fraction of sp³-hybridized carbons (Fsp3) is 0.682. The number of anilines is 2. The van der Waals surface area contributed by atoms with Gasteiger partial charge in [0.2, 0.25) is 0 Å². The van der Waals surface area contributed by atoms with E-state index in [1.165, 1.54) is 12.1 Å². The van der Waals surface area contributed by atoms with Crippen molar-refractivity contribution in [2.75, 3.05) is 43.1 Å². The number of nitro benzene ring substituents is 1. The number of halogens is 3. The first kappa shape index (κ1) is 26.0. The first-order valence-corrected chi connectivity index (χ1v) is 11.3. The van der Waals surface area contributed by atoms with Crippen molar-refractivity contribution in [3.05, 3.63) is 27.8 Å². The van der Waals surface area contributed by atoms with Crippen LogP contribution in [-0.2, 0) is 4.74 Å². The van der Waals surface area contributed by atoms with Gasteiger partial charge in [-0.05, 0) is 45.6 Å². The molecule has 0 radical (unpaired) electrons. The van der Waals surface area contributed by atoms with Crippen molar-refractivity contribution < 1.29 is 32.7 Å². The highest BCUT2D eigenvalue weighted by atomic mass is 19.4. The number of nitro groups is 1. The maximum Gasteiger partial charge on any atom is 0.391 e. The van der Waals surface area contributed by atoms with Gasteiger partial charge in [-0.25, -0.2) is 0 Å². The van der Waals surface area contributed by atoms with E-state index in [1.807, 2.05) is 4.90 Å². The first-order valence-electron chi connectivity index (χ1n) is 11.3. The minimum Gasteiger partial charge on any atom is -0.389 e. The van der Waals surface area contributed by atoms with E-state index < -0.39 is 34.6 Å². The second kappa shape index (κ2) is 10.3. The van der Waals surface area contributed by atoms with E-state index in [1.54, 1.807) is 13.8 Å². The molecule has 1 saturated heterocycles. The number of carbonyl (C=O) groups excluding carboxylic acids is 1. The number of rotatable bonds is 7. The fourth-order valence-electron chi connectivity index (χ4n) is 4.26. The van der Waals surface area contributed by atoms with Gasteiger partial charge in [-0.15, -0.1) is 0 Å². The summed E-state index contributed by atoms with van der Waals surface area (Å²) in [7, 11) is 0. The summed E-state index contributed by atoms with van der Waals surface area (Å²) >= 11 is 0. The summed E-state index contributed by atoms with van der Waals surface area (Å²) in [5.74, 6) is -1.93. The molecule has 0 bridgehead atoms. The Balaban J connectivity index is 1.87. The van der Waals surface area contributed by atoms with Gasteiger partial charge in [0.15, 0.2) is 0 Å². The first-order chi connectivity index (χ1) is 15.8. The van der Waals surface area contributed by atoms with Crippen LogP contribution in [0.5, 0.6) is 0 Å². The van der Waals surface area contributed by atoms with Crippen LogP contribution in [0.15, 0.2) is 12.1 Å². The van der Waals surface area contributed by atoms with E-state index in [0.29, 0.717) is 32.0 Å². The Morgan fingerprint density at radius 3 is 2.35 bits per heavy atom. The number of benzene rings is 1. The number of aliphatic hydroxyl groups is 1. The number of hydrogen-bond donors (Lipinski definition) is 3. The summed E-state index contributed by atoms with van der Waals surface area (Å²) in [4.78, 5) is 26.2. The normalized spacial score (nSPS) is 21.8. The van der Waals surface area contributed by atoms with Crippen molar-refractivity contribution in [1.29, 1.82) is 0 Å². The van der Waals surface area contributed by atoms with Crippen LogP contribution in [-0.4, -0.2) is 66.6 Å². The molecule has 2 fully saturated rings. The molecule has 0 spiro atoms. The lowest BCUT2D eigenvalue weighted by molar-refractivity contribution is -0.384. The van der Waals surface area contributed by atoms with Gasteiger partial charge in [-0.2, -0.15) is 13.2 Å². The molecule has 1 aliphatic heterocycles. The Morgan fingerprint density at radius 1 is 1.21 bits per heavy atom. The van der Waals surface area contributed by atoms with Crippen LogP contribution >= 0.6 is 0 Å². The highest BCUT2D eigenvalue weighted by molar-refractivity contribution is 6.02. The lowest BCUT2D eigenvalue weighted by Crippen LogP contribution is -2.41. The standard InChI is InChI=1S/C22H31F3N4O5/c1-21(2,31)13-26-17-12-18(28-7-9-34-10-8-28)16(11-19(17)29(32)33)20(30)27-15-5-3-14(4-6-15)22(23,24)25/h11-12,14-15,26,31H,3-10,13H2,1-2H3,(H,27,30). The third kappa shape index (κ3) is 6.72. The molecule has 1 heterocycles. The van der Waals surface area contributed by atoms with E-state index in [-0.39, 0.29) is 49.2 Å². The van der Waals surface area contributed by atoms with Crippen LogP contribution in [0.25, 0.3) is 0 Å². The maximum atomic E-state index is 13.2. The number of nitrogens with one attached hydrogen (secondary N) is 2. The van der Waals surface area contributed by atoms with E-state index in [2.05, 4.69) is 10.6 Å². The molecule has 1 aromatic carbocycles. The molecule has 2 aliphatic rings. The molecule has 190 valence electrons. The zero-order valence-electron chi connectivity index (χ0n) is 19.3. The molecule has 34 heavy (non-hydrogen) atoms. The van der Waals surface area contributed by atoms with Crippen molar-refractivity contribution in [3.8, 4) is 0 Å². The molecule has 0 aromatic heterocycles. The second-order valence-electron chi connectivity index (χ2n) is 9.47. The van der Waals surface area contributed by atoms with Gasteiger partial charge in [-0.3, -0.25) is 14.9 Å². The molecule has 9 nitrogen and oxygen atoms in total. The number of alkyl halides is 3. The number of nitrogens with zero attached hydrogens (tertiary/aromatic N) is 2. The van der Waals surface area contributed by atoms with E-state index in [9.17, 15) is 33.2 Å². The molecule has 1 aliphatic carbocycles.